The van der Waals surface area contributed by atoms with Gasteiger partial charge in [0, 0.05) is 47.8 Å². The molecule has 7 heteroatoms. The fourth-order valence-corrected chi connectivity index (χ4v) is 4.10. The molecule has 2 aromatic heterocycles. The number of pyridine rings is 2. The number of rotatable bonds is 3. The summed E-state index contributed by atoms with van der Waals surface area (Å²) in [4.78, 5) is 10.9. The number of anilines is 2. The maximum Gasteiger partial charge on any atom is 0.103 e. The lowest BCUT2D eigenvalue weighted by Crippen LogP contribution is -2.31. The van der Waals surface area contributed by atoms with Gasteiger partial charge < -0.3 is 19.7 Å². The number of nitrogens with zero attached hydrogens (tertiary/aromatic N) is 3. The van der Waals surface area contributed by atoms with Gasteiger partial charge in [-0.05, 0) is 36.4 Å². The van der Waals surface area contributed by atoms with Crippen LogP contribution >= 0.6 is 11.6 Å². The van der Waals surface area contributed by atoms with Crippen molar-refractivity contribution in [1.82, 2.24) is 9.97 Å². The molecule has 0 spiro atoms. The van der Waals surface area contributed by atoms with Gasteiger partial charge in [0.25, 0.3) is 0 Å². The first-order chi connectivity index (χ1) is 13.8. The molecule has 5 rings (SSSR count). The number of nitrogens with one attached hydrogen (secondary N) is 1. The number of benzene rings is 1. The Labute approximate surface area is 168 Å². The molecule has 3 aromatic rings. The van der Waals surface area contributed by atoms with Crippen LogP contribution in [0.5, 0.6) is 0 Å². The first-order valence-electron chi connectivity index (χ1n) is 9.45. The summed E-state index contributed by atoms with van der Waals surface area (Å²) in [6.07, 6.45) is 5.51. The summed E-state index contributed by atoms with van der Waals surface area (Å²) < 4.78 is 12.4. The minimum atomic E-state index is 0.0520. The summed E-state index contributed by atoms with van der Waals surface area (Å²) >= 11 is 6.12. The summed E-state index contributed by atoms with van der Waals surface area (Å²) in [5.41, 5.74) is 3.03. The largest absolute Gasteiger partial charge is 0.376 e. The van der Waals surface area contributed by atoms with Crippen LogP contribution in [0.1, 0.15) is 0 Å². The highest BCUT2D eigenvalue weighted by Gasteiger charge is 2.38. The highest BCUT2D eigenvalue weighted by molar-refractivity contribution is 6.31. The summed E-state index contributed by atoms with van der Waals surface area (Å²) in [7, 11) is 0. The minimum Gasteiger partial charge on any atom is -0.376 e. The molecule has 2 fully saturated rings. The van der Waals surface area contributed by atoms with Crippen molar-refractivity contribution in [3.8, 4) is 0 Å². The van der Waals surface area contributed by atoms with Crippen LogP contribution in [0.4, 0.5) is 11.4 Å². The van der Waals surface area contributed by atoms with Crippen molar-refractivity contribution in [3.05, 3.63) is 60.0 Å². The number of ether oxygens (including phenoxy) is 2. The maximum atomic E-state index is 6.21. The predicted octanol–water partition coefficient (Wildman–Crippen LogP) is 3.37. The summed E-state index contributed by atoms with van der Waals surface area (Å²) in [5, 5.41) is 5.23. The molecule has 6 nitrogen and oxygen atoms in total. The Hall–Kier alpha value is -2.41. The summed E-state index contributed by atoms with van der Waals surface area (Å²) in [6, 6.07) is 11.9. The Bertz CT molecular complexity index is 955. The molecule has 2 aliphatic heterocycles. The van der Waals surface area contributed by atoms with Crippen LogP contribution in [0.2, 0.25) is 5.02 Å². The summed E-state index contributed by atoms with van der Waals surface area (Å²) in [6.45, 7) is 2.81. The third kappa shape index (κ3) is 3.51. The Balaban J connectivity index is 1.29. The van der Waals surface area contributed by atoms with Crippen LogP contribution in [-0.4, -0.2) is 54.5 Å². The third-order valence-corrected chi connectivity index (χ3v) is 5.53. The Morgan fingerprint density at radius 2 is 1.86 bits per heavy atom. The van der Waals surface area contributed by atoms with Crippen molar-refractivity contribution in [2.45, 2.75) is 18.2 Å². The molecular formula is C21H21ClN4O2. The molecule has 1 aromatic carbocycles. The molecule has 0 bridgehead atoms. The fraction of sp³-hybridized carbons (Fsp3) is 0.333. The van der Waals surface area contributed by atoms with E-state index in [-0.39, 0.29) is 18.2 Å². The lowest BCUT2D eigenvalue weighted by Gasteiger charge is -2.22. The van der Waals surface area contributed by atoms with E-state index in [4.69, 9.17) is 21.1 Å². The molecule has 144 valence electrons. The summed E-state index contributed by atoms with van der Waals surface area (Å²) in [5.74, 6) is 0. The van der Waals surface area contributed by atoms with Gasteiger partial charge in [-0.15, -0.1) is 0 Å². The highest BCUT2D eigenvalue weighted by Crippen LogP contribution is 2.32. The molecule has 2 saturated heterocycles. The van der Waals surface area contributed by atoms with Gasteiger partial charge in [0.2, 0.25) is 0 Å². The van der Waals surface area contributed by atoms with Crippen LogP contribution in [0.15, 0.2) is 55.0 Å². The molecule has 0 saturated carbocycles. The number of aromatic nitrogens is 2. The molecule has 2 aliphatic rings. The monoisotopic (exact) mass is 396 g/mol. The van der Waals surface area contributed by atoms with Crippen LogP contribution in [0.25, 0.3) is 10.9 Å². The molecule has 4 heterocycles. The average Bonchev–Trinajstić information content (AvgIpc) is 3.04. The van der Waals surface area contributed by atoms with Gasteiger partial charge in [-0.3, -0.25) is 9.97 Å². The molecular weight excluding hydrogens is 376 g/mol. The van der Waals surface area contributed by atoms with Crippen molar-refractivity contribution in [2.75, 3.05) is 36.5 Å². The minimum absolute atomic E-state index is 0.0520. The molecule has 0 unspecified atom stereocenters. The number of halogens is 1. The standard InChI is InChI=1S/C21H21ClN4O2/c22-14-3-4-17-18(8-14)24-7-5-19(17)26-10-20-21(11-26)28-13-16(12-27-20)25-15-2-1-6-23-9-15/h1-9,16,20-21,25H,10-13H2/t20-,21-/m0/s1. The molecule has 28 heavy (non-hydrogen) atoms. The predicted molar refractivity (Wildman–Crippen MR) is 110 cm³/mol. The Kier molecular flexibility index (Phi) is 4.76. The van der Waals surface area contributed by atoms with Gasteiger partial charge in [-0.25, -0.2) is 0 Å². The molecule has 0 radical (unpaired) electrons. The highest BCUT2D eigenvalue weighted by atomic mass is 35.5. The van der Waals surface area contributed by atoms with Crippen LogP contribution < -0.4 is 10.2 Å². The van der Waals surface area contributed by atoms with E-state index < -0.39 is 0 Å². The van der Waals surface area contributed by atoms with Crippen molar-refractivity contribution in [3.63, 3.8) is 0 Å². The van der Waals surface area contributed by atoms with Crippen LogP contribution in [-0.2, 0) is 9.47 Å². The molecule has 1 N–H and O–H groups in total. The van der Waals surface area contributed by atoms with E-state index in [1.54, 1.807) is 6.20 Å². The SMILES string of the molecule is Clc1ccc2c(N3C[C@@H]4OCC(Nc5cccnc5)CO[C@H]4C3)ccnc2c1. The van der Waals surface area contributed by atoms with E-state index >= 15 is 0 Å². The zero-order valence-corrected chi connectivity index (χ0v) is 16.0. The van der Waals surface area contributed by atoms with Gasteiger partial charge in [0.05, 0.1) is 30.5 Å². The molecule has 2 atom stereocenters. The van der Waals surface area contributed by atoms with Gasteiger partial charge in [0.1, 0.15) is 12.2 Å². The number of hydrogen-bond donors (Lipinski definition) is 1. The lowest BCUT2D eigenvalue weighted by molar-refractivity contribution is -0.00461. The van der Waals surface area contributed by atoms with Gasteiger partial charge in [-0.2, -0.15) is 0 Å². The third-order valence-electron chi connectivity index (χ3n) is 5.29. The normalized spacial score (nSPS) is 22.8. The first-order valence-corrected chi connectivity index (χ1v) is 9.83. The van der Waals surface area contributed by atoms with E-state index in [1.807, 2.05) is 48.8 Å². The quantitative estimate of drug-likeness (QED) is 0.732. The molecule has 0 amide bonds. The zero-order chi connectivity index (χ0) is 18.9. The smallest absolute Gasteiger partial charge is 0.103 e. The zero-order valence-electron chi connectivity index (χ0n) is 15.3. The van der Waals surface area contributed by atoms with Crippen molar-refractivity contribution >= 4 is 33.9 Å². The Morgan fingerprint density at radius 3 is 2.61 bits per heavy atom. The van der Waals surface area contributed by atoms with Gasteiger partial charge in [-0.1, -0.05) is 11.6 Å². The fourth-order valence-electron chi connectivity index (χ4n) is 3.94. The molecule has 0 aliphatic carbocycles. The second kappa shape index (κ2) is 7.54. The van der Waals surface area contributed by atoms with Crippen LogP contribution in [0, 0.1) is 0 Å². The second-order valence-corrected chi connectivity index (χ2v) is 7.66. The van der Waals surface area contributed by atoms with E-state index in [0.29, 0.717) is 18.2 Å². The van der Waals surface area contributed by atoms with Crippen molar-refractivity contribution in [2.24, 2.45) is 0 Å². The van der Waals surface area contributed by atoms with Gasteiger partial charge >= 0.3 is 0 Å². The van der Waals surface area contributed by atoms with E-state index in [1.165, 1.54) is 0 Å². The second-order valence-electron chi connectivity index (χ2n) is 7.22. The lowest BCUT2D eigenvalue weighted by atomic mass is 10.2. The van der Waals surface area contributed by atoms with Crippen molar-refractivity contribution < 1.29 is 9.47 Å². The average molecular weight is 397 g/mol. The van der Waals surface area contributed by atoms with E-state index in [2.05, 4.69) is 20.2 Å². The topological polar surface area (TPSA) is 59.5 Å². The van der Waals surface area contributed by atoms with Crippen molar-refractivity contribution in [1.29, 1.82) is 0 Å². The maximum absolute atomic E-state index is 6.21. The Morgan fingerprint density at radius 1 is 1.04 bits per heavy atom. The van der Waals surface area contributed by atoms with Gasteiger partial charge in [0.15, 0.2) is 0 Å². The number of fused-ring (bicyclic) bond motifs is 2. The number of hydrogen-bond acceptors (Lipinski definition) is 6. The first kappa shape index (κ1) is 17.7. The van der Waals surface area contributed by atoms with E-state index in [0.717, 1.165) is 35.4 Å². The van der Waals surface area contributed by atoms with E-state index in [9.17, 15) is 0 Å². The van der Waals surface area contributed by atoms with Crippen LogP contribution in [0.3, 0.4) is 0 Å².